The van der Waals surface area contributed by atoms with E-state index in [0.29, 0.717) is 12.1 Å². The van der Waals surface area contributed by atoms with Gasteiger partial charge in [-0.15, -0.1) is 0 Å². The van der Waals surface area contributed by atoms with E-state index in [4.69, 9.17) is 17.3 Å². The number of carbonyl (C=O) groups excluding carboxylic acids is 2. The molecular formula is C13H18ClN3O2. The van der Waals surface area contributed by atoms with Gasteiger partial charge < -0.3 is 11.1 Å². The van der Waals surface area contributed by atoms with Crippen LogP contribution in [0.2, 0.25) is 0 Å². The molecule has 0 aromatic rings. The number of nitrogens with two attached hydrogens (primary N) is 1. The summed E-state index contributed by atoms with van der Waals surface area (Å²) < 4.78 is 0. The van der Waals surface area contributed by atoms with Crippen LogP contribution in [0.1, 0.15) is 39.0 Å². The number of halogens is 1. The van der Waals surface area contributed by atoms with E-state index in [2.05, 4.69) is 5.32 Å². The number of allylic oxidation sites excluding steroid dienone is 3. The Morgan fingerprint density at radius 1 is 1.42 bits per heavy atom. The molecule has 1 aliphatic carbocycles. The van der Waals surface area contributed by atoms with Gasteiger partial charge in [-0.05, 0) is 38.7 Å². The molecule has 2 aliphatic rings. The minimum absolute atomic E-state index is 0.198. The number of rotatable bonds is 2. The molecule has 19 heavy (non-hydrogen) atoms. The third-order valence-electron chi connectivity index (χ3n) is 3.63. The highest BCUT2D eigenvalue weighted by atomic mass is 35.5. The Morgan fingerprint density at radius 3 is 2.58 bits per heavy atom. The summed E-state index contributed by atoms with van der Waals surface area (Å²) in [7, 11) is 0. The van der Waals surface area contributed by atoms with E-state index in [1.165, 1.54) is 11.0 Å². The van der Waals surface area contributed by atoms with Crippen LogP contribution in [0, 0.1) is 0 Å². The van der Waals surface area contributed by atoms with Gasteiger partial charge in [0.15, 0.2) is 0 Å². The molecule has 1 saturated carbocycles. The van der Waals surface area contributed by atoms with Gasteiger partial charge in [0.25, 0.3) is 5.91 Å². The van der Waals surface area contributed by atoms with Crippen molar-refractivity contribution in [2.24, 2.45) is 5.73 Å². The van der Waals surface area contributed by atoms with Crippen molar-refractivity contribution < 1.29 is 9.59 Å². The predicted molar refractivity (Wildman–Crippen MR) is 72.7 cm³/mol. The van der Waals surface area contributed by atoms with Crippen molar-refractivity contribution in [2.45, 2.75) is 44.7 Å². The lowest BCUT2D eigenvalue weighted by atomic mass is 9.88. The van der Waals surface area contributed by atoms with Gasteiger partial charge in [-0.2, -0.15) is 0 Å². The van der Waals surface area contributed by atoms with Gasteiger partial charge in [-0.1, -0.05) is 18.0 Å². The predicted octanol–water partition coefficient (Wildman–Crippen LogP) is 1.55. The number of nitrogens with zero attached hydrogens (tertiary/aromatic N) is 1. The lowest BCUT2D eigenvalue weighted by Crippen LogP contribution is -2.52. The highest BCUT2D eigenvalue weighted by Crippen LogP contribution is 2.38. The number of amides is 2. The molecule has 1 heterocycles. The zero-order chi connectivity index (χ0) is 14.0. The first-order valence-corrected chi connectivity index (χ1v) is 6.79. The first kappa shape index (κ1) is 13.9. The van der Waals surface area contributed by atoms with Crippen LogP contribution in [0.25, 0.3) is 0 Å². The second-order valence-corrected chi connectivity index (χ2v) is 5.51. The van der Waals surface area contributed by atoms with Crippen molar-refractivity contribution in [1.29, 1.82) is 0 Å². The Labute approximate surface area is 117 Å². The molecule has 0 atom stereocenters. The summed E-state index contributed by atoms with van der Waals surface area (Å²) in [5.41, 5.74) is 5.66. The molecule has 1 saturated heterocycles. The quantitative estimate of drug-likeness (QED) is 0.596. The minimum atomic E-state index is -0.594. The zero-order valence-corrected chi connectivity index (χ0v) is 11.7. The average molecular weight is 284 g/mol. The van der Waals surface area contributed by atoms with E-state index in [0.717, 1.165) is 32.1 Å². The van der Waals surface area contributed by atoms with Crippen LogP contribution < -0.4 is 11.1 Å². The van der Waals surface area contributed by atoms with Gasteiger partial charge in [0.2, 0.25) is 6.41 Å². The van der Waals surface area contributed by atoms with Crippen LogP contribution in [-0.4, -0.2) is 22.9 Å². The Kier molecular flexibility index (Phi) is 3.85. The zero-order valence-electron chi connectivity index (χ0n) is 10.9. The van der Waals surface area contributed by atoms with Crippen molar-refractivity contribution in [1.82, 2.24) is 10.2 Å². The van der Waals surface area contributed by atoms with Crippen molar-refractivity contribution >= 4 is 23.9 Å². The monoisotopic (exact) mass is 283 g/mol. The van der Waals surface area contributed by atoms with Crippen LogP contribution in [0.3, 0.4) is 0 Å². The highest BCUT2D eigenvalue weighted by Gasteiger charge is 2.48. The third-order valence-corrected chi connectivity index (χ3v) is 3.92. The molecule has 0 aromatic heterocycles. The van der Waals surface area contributed by atoms with Crippen LogP contribution in [0.5, 0.6) is 0 Å². The fourth-order valence-corrected chi connectivity index (χ4v) is 3.15. The van der Waals surface area contributed by atoms with Gasteiger partial charge in [-0.25, -0.2) is 0 Å². The molecule has 2 amide bonds. The Balaban J connectivity index is 2.43. The van der Waals surface area contributed by atoms with E-state index < -0.39 is 5.66 Å². The summed E-state index contributed by atoms with van der Waals surface area (Å²) >= 11 is 6.11. The van der Waals surface area contributed by atoms with Crippen LogP contribution in [0.15, 0.2) is 22.5 Å². The van der Waals surface area contributed by atoms with E-state index >= 15 is 0 Å². The molecule has 104 valence electrons. The van der Waals surface area contributed by atoms with E-state index in [-0.39, 0.29) is 16.6 Å². The summed E-state index contributed by atoms with van der Waals surface area (Å²) in [6, 6.07) is 0. The Bertz CT molecular complexity index is 461. The lowest BCUT2D eigenvalue weighted by Gasteiger charge is -2.38. The fourth-order valence-electron chi connectivity index (χ4n) is 2.80. The smallest absolute Gasteiger partial charge is 0.271 e. The van der Waals surface area contributed by atoms with Crippen LogP contribution >= 0.6 is 11.6 Å². The molecule has 0 bridgehead atoms. The number of hydrogen-bond donors (Lipinski definition) is 2. The summed E-state index contributed by atoms with van der Waals surface area (Å²) in [5, 5.41) is 3.12. The summed E-state index contributed by atoms with van der Waals surface area (Å²) in [6.45, 7) is 1.68. The number of hydrogen-bond acceptors (Lipinski definition) is 3. The molecule has 2 fully saturated rings. The van der Waals surface area contributed by atoms with Crippen molar-refractivity contribution in [3.63, 3.8) is 0 Å². The number of nitrogens with one attached hydrogen (secondary N) is 1. The minimum Gasteiger partial charge on any atom is -0.402 e. The summed E-state index contributed by atoms with van der Waals surface area (Å²) in [5.74, 6) is -0.309. The topological polar surface area (TPSA) is 75.4 Å². The van der Waals surface area contributed by atoms with Gasteiger partial charge in [0.05, 0.1) is 5.03 Å². The molecule has 1 aliphatic heterocycles. The molecule has 0 radical (unpaired) electrons. The maximum atomic E-state index is 12.1. The van der Waals surface area contributed by atoms with Gasteiger partial charge in [0.1, 0.15) is 11.4 Å². The average Bonchev–Trinajstić information content (AvgIpc) is 2.61. The molecule has 3 N–H and O–H groups in total. The maximum absolute atomic E-state index is 12.1. The summed E-state index contributed by atoms with van der Waals surface area (Å²) in [6.07, 6.45) is 6.80. The van der Waals surface area contributed by atoms with Crippen LogP contribution in [0.4, 0.5) is 0 Å². The van der Waals surface area contributed by atoms with E-state index in [1.54, 1.807) is 6.92 Å². The Hall–Kier alpha value is -1.49. The van der Waals surface area contributed by atoms with Crippen LogP contribution in [-0.2, 0) is 9.59 Å². The maximum Gasteiger partial charge on any atom is 0.271 e. The molecule has 0 unspecified atom stereocenters. The van der Waals surface area contributed by atoms with Crippen molar-refractivity contribution in [3.8, 4) is 0 Å². The first-order valence-electron chi connectivity index (χ1n) is 6.41. The second kappa shape index (κ2) is 5.25. The molecule has 6 heteroatoms. The summed E-state index contributed by atoms with van der Waals surface area (Å²) in [4.78, 5) is 25.0. The largest absolute Gasteiger partial charge is 0.402 e. The van der Waals surface area contributed by atoms with E-state index in [1.807, 2.05) is 0 Å². The fraction of sp³-hybridized carbons (Fsp3) is 0.538. The molecule has 1 spiro atoms. The van der Waals surface area contributed by atoms with E-state index in [9.17, 15) is 9.59 Å². The SMILES string of the molecule is C/C(N)=C\C(Cl)=C1\C(=O)NC2(CCCCC2)N1C=O. The van der Waals surface area contributed by atoms with Crippen molar-refractivity contribution in [2.75, 3.05) is 0 Å². The molecule has 0 aromatic carbocycles. The third kappa shape index (κ3) is 2.47. The second-order valence-electron chi connectivity index (χ2n) is 5.11. The van der Waals surface area contributed by atoms with Crippen molar-refractivity contribution in [3.05, 3.63) is 22.5 Å². The Morgan fingerprint density at radius 2 is 2.05 bits per heavy atom. The molecule has 2 rings (SSSR count). The standard InChI is InChI=1S/C13H18ClN3O2/c1-9(15)7-10(14)11-12(19)16-13(17(11)8-18)5-3-2-4-6-13/h7-8H,2-6,15H2,1H3,(H,16,19)/b9-7+,11-10+. The normalized spacial score (nSPS) is 25.5. The molecular weight excluding hydrogens is 266 g/mol. The number of carbonyl (C=O) groups is 2. The first-order chi connectivity index (χ1) is 9.00. The highest BCUT2D eigenvalue weighted by molar-refractivity contribution is 6.33. The lowest BCUT2D eigenvalue weighted by molar-refractivity contribution is -0.121. The van der Waals surface area contributed by atoms with Gasteiger partial charge >= 0.3 is 0 Å². The molecule has 5 nitrogen and oxygen atoms in total. The van der Waals surface area contributed by atoms with Gasteiger partial charge in [0, 0.05) is 5.70 Å². The van der Waals surface area contributed by atoms with Gasteiger partial charge in [-0.3, -0.25) is 14.5 Å².